The standard InChI is InChI=1S/C36H37FN5/c1-18-19(2)28(37)20(3)29-25(18)30-26-21(15-16-41(30)10)17-23(27-22-13-11-12-14-24(22)42(29)31(26)27)32-38-33(35(4,5)6)40-34(39-32)36(7,8)9/h11-17H,1-10H3/q+1. The van der Waals surface area contributed by atoms with Gasteiger partial charge in [-0.1, -0.05) is 59.7 Å². The summed E-state index contributed by atoms with van der Waals surface area (Å²) in [6.45, 7) is 18.7. The van der Waals surface area contributed by atoms with Crippen LogP contribution >= 0.6 is 0 Å². The zero-order chi connectivity index (χ0) is 30.0. The molecular formula is C36H37FN5+. The summed E-state index contributed by atoms with van der Waals surface area (Å²) in [4.78, 5) is 15.2. The molecule has 3 aromatic carbocycles. The number of rotatable bonds is 1. The third kappa shape index (κ3) is 3.47. The van der Waals surface area contributed by atoms with Gasteiger partial charge in [0, 0.05) is 38.8 Å². The number of aryl methyl sites for hydroxylation is 3. The number of pyridine rings is 2. The minimum absolute atomic E-state index is 0.145. The van der Waals surface area contributed by atoms with Crippen molar-refractivity contribution in [3.63, 3.8) is 0 Å². The first-order valence-corrected chi connectivity index (χ1v) is 14.7. The van der Waals surface area contributed by atoms with Gasteiger partial charge < -0.3 is 4.40 Å². The van der Waals surface area contributed by atoms with Crippen molar-refractivity contribution in [2.24, 2.45) is 7.05 Å². The predicted octanol–water partition coefficient (Wildman–Crippen LogP) is 8.33. The molecule has 0 radical (unpaired) electrons. The van der Waals surface area contributed by atoms with Crippen LogP contribution in [0, 0.1) is 26.6 Å². The van der Waals surface area contributed by atoms with Crippen LogP contribution in [0.15, 0.2) is 42.6 Å². The fourth-order valence-corrected chi connectivity index (χ4v) is 6.56. The van der Waals surface area contributed by atoms with Gasteiger partial charge in [0.15, 0.2) is 12.0 Å². The molecule has 0 aliphatic carbocycles. The maximum Gasteiger partial charge on any atom is 0.224 e. The Bertz CT molecular complexity index is 2230. The van der Waals surface area contributed by atoms with Crippen LogP contribution in [0.3, 0.4) is 0 Å². The molecule has 0 bridgehead atoms. The van der Waals surface area contributed by atoms with Gasteiger partial charge in [-0.3, -0.25) is 0 Å². The predicted molar refractivity (Wildman–Crippen MR) is 170 cm³/mol. The molecule has 4 heterocycles. The van der Waals surface area contributed by atoms with Gasteiger partial charge in [-0.05, 0) is 49.4 Å². The molecule has 0 spiro atoms. The van der Waals surface area contributed by atoms with E-state index in [4.69, 9.17) is 15.0 Å². The Morgan fingerprint density at radius 1 is 0.738 bits per heavy atom. The first-order chi connectivity index (χ1) is 19.7. The molecular weight excluding hydrogens is 521 g/mol. The number of aromatic nitrogens is 5. The van der Waals surface area contributed by atoms with E-state index in [9.17, 15) is 0 Å². The van der Waals surface area contributed by atoms with E-state index < -0.39 is 0 Å². The topological polar surface area (TPSA) is 47.0 Å². The highest BCUT2D eigenvalue weighted by molar-refractivity contribution is 6.30. The van der Waals surface area contributed by atoms with E-state index in [-0.39, 0.29) is 16.6 Å². The molecule has 7 aromatic rings. The van der Waals surface area contributed by atoms with Gasteiger partial charge in [0.05, 0.1) is 27.3 Å². The highest BCUT2D eigenvalue weighted by Crippen LogP contribution is 2.46. The number of hydrogen-bond acceptors (Lipinski definition) is 3. The van der Waals surface area contributed by atoms with E-state index in [1.54, 1.807) is 0 Å². The second-order valence-electron chi connectivity index (χ2n) is 14.0. The van der Waals surface area contributed by atoms with Crippen molar-refractivity contribution in [3.05, 3.63) is 76.8 Å². The van der Waals surface area contributed by atoms with Gasteiger partial charge in [0.25, 0.3) is 0 Å². The Labute approximate surface area is 245 Å². The molecule has 42 heavy (non-hydrogen) atoms. The second kappa shape index (κ2) is 8.43. The fraction of sp³-hybridized carbons (Fsp3) is 0.333. The Balaban J connectivity index is 1.81. The summed E-state index contributed by atoms with van der Waals surface area (Å²) in [5.74, 6) is 2.08. The van der Waals surface area contributed by atoms with Crippen molar-refractivity contribution >= 4 is 49.0 Å². The minimum Gasteiger partial charge on any atom is -0.307 e. The number of halogens is 1. The molecule has 7 rings (SSSR count). The maximum absolute atomic E-state index is 15.8. The number of fused-ring (bicyclic) bond motifs is 6. The van der Waals surface area contributed by atoms with Crippen LogP contribution in [0.25, 0.3) is 60.4 Å². The molecule has 0 N–H and O–H groups in total. The number of nitrogens with zero attached hydrogens (tertiary/aromatic N) is 5. The van der Waals surface area contributed by atoms with Gasteiger partial charge >= 0.3 is 0 Å². The minimum atomic E-state index is -0.253. The van der Waals surface area contributed by atoms with Crippen LogP contribution in [-0.2, 0) is 17.9 Å². The number of benzene rings is 3. The van der Waals surface area contributed by atoms with Crippen molar-refractivity contribution < 1.29 is 8.96 Å². The monoisotopic (exact) mass is 558 g/mol. The summed E-state index contributed by atoms with van der Waals surface area (Å²) in [6, 6.07) is 12.9. The molecule has 0 aliphatic rings. The molecule has 212 valence electrons. The molecule has 4 aromatic heterocycles. The Kier molecular flexibility index (Phi) is 5.36. The van der Waals surface area contributed by atoms with Gasteiger partial charge in [-0.15, -0.1) is 0 Å². The van der Waals surface area contributed by atoms with Crippen molar-refractivity contribution in [2.45, 2.75) is 73.1 Å². The zero-order valence-corrected chi connectivity index (χ0v) is 26.2. The Hall–Kier alpha value is -4.19. The summed E-state index contributed by atoms with van der Waals surface area (Å²) >= 11 is 0. The summed E-state index contributed by atoms with van der Waals surface area (Å²) in [5.41, 5.74) is 6.94. The van der Waals surface area contributed by atoms with Crippen LogP contribution < -0.4 is 4.57 Å². The molecule has 0 atom stereocenters. The fourth-order valence-electron chi connectivity index (χ4n) is 6.56. The van der Waals surface area contributed by atoms with Gasteiger partial charge in [-0.25, -0.2) is 23.9 Å². The second-order valence-corrected chi connectivity index (χ2v) is 14.0. The molecule has 0 aliphatic heterocycles. The molecule has 0 amide bonds. The van der Waals surface area contributed by atoms with Crippen LogP contribution in [0.2, 0.25) is 0 Å². The smallest absolute Gasteiger partial charge is 0.224 e. The third-order valence-electron chi connectivity index (χ3n) is 8.90. The third-order valence-corrected chi connectivity index (χ3v) is 8.90. The van der Waals surface area contributed by atoms with E-state index >= 15 is 4.39 Å². The van der Waals surface area contributed by atoms with Crippen molar-refractivity contribution in [1.29, 1.82) is 0 Å². The van der Waals surface area contributed by atoms with Gasteiger partial charge in [-0.2, -0.15) is 0 Å². The normalized spacial score (nSPS) is 13.1. The molecule has 0 unspecified atom stereocenters. The highest BCUT2D eigenvalue weighted by atomic mass is 19.1. The average Bonchev–Trinajstić information content (AvgIpc) is 3.28. The highest BCUT2D eigenvalue weighted by Gasteiger charge is 2.31. The Morgan fingerprint density at radius 2 is 1.38 bits per heavy atom. The first-order valence-electron chi connectivity index (χ1n) is 14.7. The van der Waals surface area contributed by atoms with Crippen molar-refractivity contribution in [3.8, 4) is 11.4 Å². The lowest BCUT2D eigenvalue weighted by atomic mass is 9.92. The van der Waals surface area contributed by atoms with Crippen molar-refractivity contribution in [2.75, 3.05) is 0 Å². The lowest BCUT2D eigenvalue weighted by Crippen LogP contribution is -2.29. The van der Waals surface area contributed by atoms with E-state index in [0.29, 0.717) is 17.0 Å². The lowest BCUT2D eigenvalue weighted by Gasteiger charge is -2.23. The lowest BCUT2D eigenvalue weighted by molar-refractivity contribution is -0.643. The Morgan fingerprint density at radius 3 is 2.02 bits per heavy atom. The summed E-state index contributed by atoms with van der Waals surface area (Å²) in [5, 5.41) is 5.54. The maximum atomic E-state index is 15.8. The molecule has 0 saturated carbocycles. The summed E-state index contributed by atoms with van der Waals surface area (Å²) in [7, 11) is 2.08. The molecule has 6 heteroatoms. The molecule has 5 nitrogen and oxygen atoms in total. The first kappa shape index (κ1) is 26.7. The van der Waals surface area contributed by atoms with Crippen LogP contribution in [-0.4, -0.2) is 19.4 Å². The largest absolute Gasteiger partial charge is 0.307 e. The molecule has 0 saturated heterocycles. The SMILES string of the molecule is Cc1c(F)c(C)c2c(c1C)c1c3c(cc[n+]1C)cc(-c1nc(C(C)(C)C)nc(C(C)(C)C)n1)c1c4ccccc4n2c13. The number of para-hydroxylation sites is 1. The van der Waals surface area contributed by atoms with Crippen LogP contribution in [0.4, 0.5) is 4.39 Å². The zero-order valence-electron chi connectivity index (χ0n) is 26.2. The quantitative estimate of drug-likeness (QED) is 0.116. The van der Waals surface area contributed by atoms with Gasteiger partial charge in [0.1, 0.15) is 24.5 Å². The molecule has 0 fully saturated rings. The van der Waals surface area contributed by atoms with E-state index in [2.05, 4.69) is 100 Å². The summed E-state index contributed by atoms with van der Waals surface area (Å²) < 4.78 is 20.3. The van der Waals surface area contributed by atoms with E-state index in [0.717, 1.165) is 71.8 Å². The van der Waals surface area contributed by atoms with Crippen molar-refractivity contribution in [1.82, 2.24) is 19.4 Å². The van der Waals surface area contributed by atoms with E-state index in [1.165, 1.54) is 0 Å². The average molecular weight is 559 g/mol. The summed E-state index contributed by atoms with van der Waals surface area (Å²) in [6.07, 6.45) is 2.11. The van der Waals surface area contributed by atoms with Crippen LogP contribution in [0.5, 0.6) is 0 Å². The van der Waals surface area contributed by atoms with Gasteiger partial charge in [0.2, 0.25) is 5.52 Å². The van der Waals surface area contributed by atoms with E-state index in [1.807, 2.05) is 20.8 Å². The van der Waals surface area contributed by atoms with Crippen LogP contribution in [0.1, 0.15) is 69.9 Å². The number of hydrogen-bond donors (Lipinski definition) is 0.